The molecule has 0 saturated carbocycles. The molecule has 1 aliphatic carbocycles. The van der Waals surface area contributed by atoms with Crippen LogP contribution >= 0.6 is 0 Å². The van der Waals surface area contributed by atoms with Crippen molar-refractivity contribution < 1.29 is 4.79 Å². The van der Waals surface area contributed by atoms with Gasteiger partial charge in [-0.2, -0.15) is 0 Å². The van der Waals surface area contributed by atoms with Crippen LogP contribution in [0.4, 0.5) is 5.69 Å². The summed E-state index contributed by atoms with van der Waals surface area (Å²) in [6, 6.07) is 6.23. The highest BCUT2D eigenvalue weighted by atomic mass is 16.2. The van der Waals surface area contributed by atoms with E-state index in [-0.39, 0.29) is 12.5 Å². The number of anilines is 1. The maximum absolute atomic E-state index is 11.4. The fourth-order valence-corrected chi connectivity index (χ4v) is 2.05. The molecular formula is C12H16N2O. The topological polar surface area (TPSA) is 46.3 Å². The van der Waals surface area contributed by atoms with Crippen LogP contribution in [0.2, 0.25) is 0 Å². The highest BCUT2D eigenvalue weighted by molar-refractivity contribution is 5.94. The van der Waals surface area contributed by atoms with Gasteiger partial charge in [0.25, 0.3) is 0 Å². The molecule has 0 spiro atoms. The Morgan fingerprint density at radius 2 is 2.13 bits per heavy atom. The van der Waals surface area contributed by atoms with Gasteiger partial charge in [0, 0.05) is 12.7 Å². The molecule has 2 rings (SSSR count). The SMILES string of the molecule is CN(C(=O)CN)c1ccc2c(c1)CCC2. The molecule has 1 aromatic rings. The summed E-state index contributed by atoms with van der Waals surface area (Å²) < 4.78 is 0. The van der Waals surface area contributed by atoms with Crippen molar-refractivity contribution in [3.05, 3.63) is 29.3 Å². The maximum Gasteiger partial charge on any atom is 0.240 e. The molecule has 3 nitrogen and oxygen atoms in total. The van der Waals surface area contributed by atoms with Gasteiger partial charge >= 0.3 is 0 Å². The van der Waals surface area contributed by atoms with Crippen LogP contribution in [-0.2, 0) is 17.6 Å². The van der Waals surface area contributed by atoms with E-state index in [9.17, 15) is 4.79 Å². The molecule has 2 N–H and O–H groups in total. The Morgan fingerprint density at radius 3 is 2.87 bits per heavy atom. The van der Waals surface area contributed by atoms with Gasteiger partial charge < -0.3 is 10.6 Å². The number of carbonyl (C=O) groups is 1. The third-order valence-corrected chi connectivity index (χ3v) is 3.02. The first-order valence-corrected chi connectivity index (χ1v) is 5.31. The number of likely N-dealkylation sites (N-methyl/N-ethyl adjacent to an activating group) is 1. The summed E-state index contributed by atoms with van der Waals surface area (Å²) in [7, 11) is 1.77. The minimum atomic E-state index is -0.0482. The van der Waals surface area contributed by atoms with Crippen LogP contribution in [0.15, 0.2) is 18.2 Å². The quantitative estimate of drug-likeness (QED) is 0.784. The summed E-state index contributed by atoms with van der Waals surface area (Å²) in [6.45, 7) is 0.0631. The van der Waals surface area contributed by atoms with Crippen LogP contribution in [0, 0.1) is 0 Å². The molecule has 0 bridgehead atoms. The number of fused-ring (bicyclic) bond motifs is 1. The van der Waals surface area contributed by atoms with E-state index in [1.165, 1.54) is 24.0 Å². The lowest BCUT2D eigenvalue weighted by atomic mass is 10.1. The van der Waals surface area contributed by atoms with Gasteiger partial charge in [-0.1, -0.05) is 6.07 Å². The first-order valence-electron chi connectivity index (χ1n) is 5.31. The Kier molecular flexibility index (Phi) is 2.73. The second-order valence-electron chi connectivity index (χ2n) is 3.96. The third kappa shape index (κ3) is 1.88. The molecule has 0 fully saturated rings. The van der Waals surface area contributed by atoms with Crippen molar-refractivity contribution in [3.63, 3.8) is 0 Å². The average Bonchev–Trinajstić information content (AvgIpc) is 2.73. The Bertz CT molecular complexity index is 387. The molecule has 0 radical (unpaired) electrons. The number of hydrogen-bond donors (Lipinski definition) is 1. The summed E-state index contributed by atoms with van der Waals surface area (Å²) in [6.07, 6.45) is 3.53. The molecule has 0 heterocycles. The predicted molar refractivity (Wildman–Crippen MR) is 60.9 cm³/mol. The highest BCUT2D eigenvalue weighted by Crippen LogP contribution is 2.26. The second kappa shape index (κ2) is 4.03. The number of rotatable bonds is 2. The minimum absolute atomic E-state index is 0.0482. The fourth-order valence-electron chi connectivity index (χ4n) is 2.05. The first kappa shape index (κ1) is 10.2. The van der Waals surface area contributed by atoms with E-state index in [1.807, 2.05) is 6.07 Å². The lowest BCUT2D eigenvalue weighted by molar-refractivity contribution is -0.117. The standard InChI is InChI=1S/C12H16N2O/c1-14(12(15)8-13)11-6-5-9-3-2-4-10(9)7-11/h5-7H,2-4,8,13H2,1H3. The fraction of sp³-hybridized carbons (Fsp3) is 0.417. The van der Waals surface area contributed by atoms with Crippen LogP contribution in [0.5, 0.6) is 0 Å². The molecule has 1 aromatic carbocycles. The zero-order chi connectivity index (χ0) is 10.8. The number of nitrogens with two attached hydrogens (primary N) is 1. The van der Waals surface area contributed by atoms with Crippen molar-refractivity contribution in [3.8, 4) is 0 Å². The van der Waals surface area contributed by atoms with E-state index in [4.69, 9.17) is 5.73 Å². The van der Waals surface area contributed by atoms with Gasteiger partial charge in [-0.25, -0.2) is 0 Å². The Hall–Kier alpha value is -1.35. The van der Waals surface area contributed by atoms with Gasteiger partial charge in [-0.15, -0.1) is 0 Å². The molecular weight excluding hydrogens is 188 g/mol. The molecule has 1 aliphatic rings. The molecule has 1 amide bonds. The van der Waals surface area contributed by atoms with Crippen LogP contribution in [-0.4, -0.2) is 19.5 Å². The van der Waals surface area contributed by atoms with Crippen LogP contribution in [0.1, 0.15) is 17.5 Å². The third-order valence-electron chi connectivity index (χ3n) is 3.02. The lowest BCUT2D eigenvalue weighted by Gasteiger charge is -2.17. The van der Waals surface area contributed by atoms with E-state index in [2.05, 4.69) is 12.1 Å². The maximum atomic E-state index is 11.4. The molecule has 80 valence electrons. The summed E-state index contributed by atoms with van der Waals surface area (Å²) in [5.41, 5.74) is 9.08. The van der Waals surface area contributed by atoms with Crippen molar-refractivity contribution in [2.75, 3.05) is 18.5 Å². The summed E-state index contributed by atoms with van der Waals surface area (Å²) >= 11 is 0. The van der Waals surface area contributed by atoms with Crippen LogP contribution < -0.4 is 10.6 Å². The highest BCUT2D eigenvalue weighted by Gasteiger charge is 2.14. The number of nitrogens with zero attached hydrogens (tertiary/aromatic N) is 1. The van der Waals surface area contributed by atoms with Gasteiger partial charge in [0.05, 0.1) is 6.54 Å². The zero-order valence-electron chi connectivity index (χ0n) is 8.99. The second-order valence-corrected chi connectivity index (χ2v) is 3.96. The van der Waals surface area contributed by atoms with E-state index in [0.29, 0.717) is 0 Å². The summed E-state index contributed by atoms with van der Waals surface area (Å²) in [4.78, 5) is 13.0. The molecule has 0 atom stereocenters. The van der Waals surface area contributed by atoms with Gasteiger partial charge in [-0.3, -0.25) is 4.79 Å². The Balaban J connectivity index is 2.26. The largest absolute Gasteiger partial charge is 0.322 e. The van der Waals surface area contributed by atoms with Gasteiger partial charge in [0.15, 0.2) is 0 Å². The van der Waals surface area contributed by atoms with E-state index < -0.39 is 0 Å². The van der Waals surface area contributed by atoms with Crippen molar-refractivity contribution in [2.45, 2.75) is 19.3 Å². The van der Waals surface area contributed by atoms with Gasteiger partial charge in [-0.05, 0) is 42.5 Å². The number of carbonyl (C=O) groups excluding carboxylic acids is 1. The van der Waals surface area contributed by atoms with Crippen molar-refractivity contribution in [1.29, 1.82) is 0 Å². The predicted octanol–water partition coefficient (Wildman–Crippen LogP) is 1.10. The van der Waals surface area contributed by atoms with Crippen molar-refractivity contribution in [1.82, 2.24) is 0 Å². The number of aryl methyl sites for hydroxylation is 2. The molecule has 0 aromatic heterocycles. The summed E-state index contributed by atoms with van der Waals surface area (Å²) in [5, 5.41) is 0. The van der Waals surface area contributed by atoms with Crippen LogP contribution in [0.3, 0.4) is 0 Å². The number of amides is 1. The normalized spacial score (nSPS) is 13.7. The zero-order valence-corrected chi connectivity index (χ0v) is 8.99. The minimum Gasteiger partial charge on any atom is -0.322 e. The monoisotopic (exact) mass is 204 g/mol. The average molecular weight is 204 g/mol. The smallest absolute Gasteiger partial charge is 0.240 e. The van der Waals surface area contributed by atoms with Gasteiger partial charge in [0.1, 0.15) is 0 Å². The van der Waals surface area contributed by atoms with Crippen molar-refractivity contribution >= 4 is 11.6 Å². The van der Waals surface area contributed by atoms with Gasteiger partial charge in [0.2, 0.25) is 5.91 Å². The van der Waals surface area contributed by atoms with E-state index in [1.54, 1.807) is 11.9 Å². The van der Waals surface area contributed by atoms with Crippen molar-refractivity contribution in [2.24, 2.45) is 5.73 Å². The molecule has 0 unspecified atom stereocenters. The molecule has 3 heteroatoms. The summed E-state index contributed by atoms with van der Waals surface area (Å²) in [5.74, 6) is -0.0482. The molecule has 15 heavy (non-hydrogen) atoms. The van der Waals surface area contributed by atoms with E-state index >= 15 is 0 Å². The number of benzene rings is 1. The van der Waals surface area contributed by atoms with Crippen LogP contribution in [0.25, 0.3) is 0 Å². The molecule has 0 aliphatic heterocycles. The number of hydrogen-bond acceptors (Lipinski definition) is 2. The lowest BCUT2D eigenvalue weighted by Crippen LogP contribution is -2.32. The Morgan fingerprint density at radius 1 is 1.40 bits per heavy atom. The van der Waals surface area contributed by atoms with E-state index in [0.717, 1.165) is 12.1 Å². The first-order chi connectivity index (χ1) is 7.22. The molecule has 0 saturated heterocycles. The Labute approximate surface area is 89.9 Å².